The number of benzene rings is 1. The number of fused-ring (bicyclic) bond motifs is 1. The Kier molecular flexibility index (Phi) is 5.76. The number of morpholine rings is 1. The van der Waals surface area contributed by atoms with E-state index in [-0.39, 0.29) is 6.10 Å². The first kappa shape index (κ1) is 17.7. The fourth-order valence-corrected chi connectivity index (χ4v) is 3.71. The highest BCUT2D eigenvalue weighted by Crippen LogP contribution is 2.26. The topological polar surface area (TPSA) is 45.2 Å². The Hall–Kier alpha value is -1.14. The molecule has 0 radical (unpaired) electrons. The molecule has 2 aliphatic heterocycles. The second kappa shape index (κ2) is 7.83. The second-order valence-electron chi connectivity index (χ2n) is 7.33. The number of ether oxygens (including phenoxy) is 2. The standard InChI is InChI=1S/C19H30N2O3/c1-14(2)16-6-4-5-7-18(16)24-13-15(22)10-21-11-17-19(12-21)23-9-8-20(17)3/h4-7,14-15,17,19,22H,8-13H2,1-3H3. The van der Waals surface area contributed by atoms with Crippen molar-refractivity contribution in [3.05, 3.63) is 29.8 Å². The highest BCUT2D eigenvalue weighted by molar-refractivity contribution is 5.35. The van der Waals surface area contributed by atoms with Crippen LogP contribution in [0.4, 0.5) is 0 Å². The van der Waals surface area contributed by atoms with E-state index in [1.54, 1.807) is 0 Å². The summed E-state index contributed by atoms with van der Waals surface area (Å²) in [5.41, 5.74) is 1.19. The average Bonchev–Trinajstić information content (AvgIpc) is 2.97. The molecule has 5 nitrogen and oxygen atoms in total. The molecule has 1 aromatic rings. The third-order valence-corrected chi connectivity index (χ3v) is 5.10. The van der Waals surface area contributed by atoms with Crippen LogP contribution in [0.15, 0.2) is 24.3 Å². The third kappa shape index (κ3) is 4.09. The molecule has 0 amide bonds. The van der Waals surface area contributed by atoms with Gasteiger partial charge in [0, 0.05) is 32.2 Å². The van der Waals surface area contributed by atoms with Crippen LogP contribution in [-0.2, 0) is 4.74 Å². The zero-order valence-corrected chi connectivity index (χ0v) is 15.0. The average molecular weight is 334 g/mol. The molecule has 3 rings (SSSR count). The Labute approximate surface area is 145 Å². The van der Waals surface area contributed by atoms with Crippen molar-refractivity contribution < 1.29 is 14.6 Å². The number of aliphatic hydroxyl groups excluding tert-OH is 1. The van der Waals surface area contributed by atoms with Crippen LogP contribution in [0.2, 0.25) is 0 Å². The first-order chi connectivity index (χ1) is 11.5. The smallest absolute Gasteiger partial charge is 0.122 e. The van der Waals surface area contributed by atoms with E-state index in [1.807, 2.05) is 18.2 Å². The molecule has 2 heterocycles. The Bertz CT molecular complexity index is 537. The van der Waals surface area contributed by atoms with E-state index in [2.05, 4.69) is 36.8 Å². The molecule has 3 unspecified atom stereocenters. The number of rotatable bonds is 6. The number of likely N-dealkylation sites (N-methyl/N-ethyl adjacent to an activating group) is 1. The summed E-state index contributed by atoms with van der Waals surface area (Å²) in [6.07, 6.45) is -0.214. The summed E-state index contributed by atoms with van der Waals surface area (Å²) in [7, 11) is 2.16. The molecule has 0 aromatic heterocycles. The van der Waals surface area contributed by atoms with Crippen molar-refractivity contribution in [2.75, 3.05) is 46.4 Å². The molecule has 24 heavy (non-hydrogen) atoms. The maximum atomic E-state index is 10.4. The van der Waals surface area contributed by atoms with Gasteiger partial charge in [-0.25, -0.2) is 0 Å². The van der Waals surface area contributed by atoms with Crippen LogP contribution in [0.25, 0.3) is 0 Å². The van der Waals surface area contributed by atoms with Crippen molar-refractivity contribution >= 4 is 0 Å². The lowest BCUT2D eigenvalue weighted by molar-refractivity contribution is -0.0372. The lowest BCUT2D eigenvalue weighted by Gasteiger charge is -2.33. The SMILES string of the molecule is CC(C)c1ccccc1OCC(O)CN1CC2OCCN(C)C2C1. The van der Waals surface area contributed by atoms with Crippen molar-refractivity contribution in [1.82, 2.24) is 9.80 Å². The van der Waals surface area contributed by atoms with Gasteiger partial charge in [-0.2, -0.15) is 0 Å². The van der Waals surface area contributed by atoms with Gasteiger partial charge in [0.2, 0.25) is 0 Å². The van der Waals surface area contributed by atoms with Gasteiger partial charge in [0.25, 0.3) is 0 Å². The van der Waals surface area contributed by atoms with Crippen LogP contribution >= 0.6 is 0 Å². The summed E-state index contributed by atoms with van der Waals surface area (Å²) in [4.78, 5) is 4.66. The van der Waals surface area contributed by atoms with Crippen LogP contribution in [0.5, 0.6) is 5.75 Å². The number of β-amino-alcohol motifs (C(OH)–C–C–N with tert-alkyl or cyclic N) is 1. The van der Waals surface area contributed by atoms with Gasteiger partial charge in [-0.05, 0) is 24.6 Å². The van der Waals surface area contributed by atoms with E-state index < -0.39 is 6.10 Å². The van der Waals surface area contributed by atoms with Crippen LogP contribution in [0, 0.1) is 0 Å². The summed E-state index contributed by atoms with van der Waals surface area (Å²) < 4.78 is 11.8. The predicted octanol–water partition coefficient (Wildman–Crippen LogP) is 1.56. The monoisotopic (exact) mass is 334 g/mol. The van der Waals surface area contributed by atoms with E-state index in [0.29, 0.717) is 25.1 Å². The zero-order chi connectivity index (χ0) is 17.1. The van der Waals surface area contributed by atoms with Crippen molar-refractivity contribution in [2.24, 2.45) is 0 Å². The van der Waals surface area contributed by atoms with Gasteiger partial charge in [-0.1, -0.05) is 32.0 Å². The van der Waals surface area contributed by atoms with E-state index in [9.17, 15) is 5.11 Å². The summed E-state index contributed by atoms with van der Waals surface area (Å²) in [5.74, 6) is 1.29. The zero-order valence-electron chi connectivity index (χ0n) is 15.0. The fraction of sp³-hybridized carbons (Fsp3) is 0.684. The highest BCUT2D eigenvalue weighted by atomic mass is 16.5. The molecule has 0 bridgehead atoms. The van der Waals surface area contributed by atoms with Crippen molar-refractivity contribution in [3.8, 4) is 5.75 Å². The molecular weight excluding hydrogens is 304 g/mol. The van der Waals surface area contributed by atoms with Crippen molar-refractivity contribution in [3.63, 3.8) is 0 Å². The molecule has 2 aliphatic rings. The quantitative estimate of drug-likeness (QED) is 0.855. The summed E-state index contributed by atoms with van der Waals surface area (Å²) in [5, 5.41) is 10.4. The molecule has 2 saturated heterocycles. The molecule has 0 aliphatic carbocycles. The number of aliphatic hydroxyl groups is 1. The van der Waals surface area contributed by atoms with Gasteiger partial charge in [0.05, 0.1) is 12.7 Å². The van der Waals surface area contributed by atoms with Gasteiger partial charge >= 0.3 is 0 Å². The Morgan fingerprint density at radius 3 is 2.83 bits per heavy atom. The first-order valence-electron chi connectivity index (χ1n) is 8.98. The Morgan fingerprint density at radius 2 is 2.08 bits per heavy atom. The molecule has 2 fully saturated rings. The van der Waals surface area contributed by atoms with Crippen LogP contribution < -0.4 is 4.74 Å². The minimum absolute atomic E-state index is 0.276. The molecule has 1 N–H and O–H groups in total. The van der Waals surface area contributed by atoms with E-state index in [1.165, 1.54) is 5.56 Å². The van der Waals surface area contributed by atoms with E-state index in [4.69, 9.17) is 9.47 Å². The van der Waals surface area contributed by atoms with Gasteiger partial charge in [-0.15, -0.1) is 0 Å². The minimum atomic E-state index is -0.490. The lowest BCUT2D eigenvalue weighted by atomic mass is 10.0. The van der Waals surface area contributed by atoms with E-state index in [0.717, 1.165) is 32.0 Å². The minimum Gasteiger partial charge on any atom is -0.491 e. The van der Waals surface area contributed by atoms with Gasteiger partial charge in [0.15, 0.2) is 0 Å². The fourth-order valence-electron chi connectivity index (χ4n) is 3.71. The number of likely N-dealkylation sites (tertiary alicyclic amines) is 1. The largest absolute Gasteiger partial charge is 0.491 e. The molecular formula is C19H30N2O3. The van der Waals surface area contributed by atoms with Gasteiger partial charge in [-0.3, -0.25) is 9.80 Å². The van der Waals surface area contributed by atoms with Crippen molar-refractivity contribution in [2.45, 2.75) is 38.0 Å². The maximum absolute atomic E-state index is 10.4. The van der Waals surface area contributed by atoms with Crippen LogP contribution in [0.3, 0.4) is 0 Å². The van der Waals surface area contributed by atoms with Gasteiger partial charge in [0.1, 0.15) is 18.5 Å². The summed E-state index contributed by atoms with van der Waals surface area (Å²) >= 11 is 0. The molecule has 5 heteroatoms. The normalized spacial score (nSPS) is 26.5. The third-order valence-electron chi connectivity index (χ3n) is 5.10. The van der Waals surface area contributed by atoms with Crippen molar-refractivity contribution in [1.29, 1.82) is 0 Å². The number of nitrogens with zero attached hydrogens (tertiary/aromatic N) is 2. The van der Waals surface area contributed by atoms with Gasteiger partial charge < -0.3 is 14.6 Å². The molecule has 0 spiro atoms. The molecule has 0 saturated carbocycles. The molecule has 3 atom stereocenters. The second-order valence-corrected chi connectivity index (χ2v) is 7.33. The first-order valence-corrected chi connectivity index (χ1v) is 8.98. The number of hydrogen-bond donors (Lipinski definition) is 1. The summed E-state index contributed by atoms with van der Waals surface area (Å²) in [6, 6.07) is 8.53. The molecule has 134 valence electrons. The number of para-hydroxylation sites is 1. The highest BCUT2D eigenvalue weighted by Gasteiger charge is 2.38. The van der Waals surface area contributed by atoms with Crippen LogP contribution in [0.1, 0.15) is 25.3 Å². The Morgan fingerprint density at radius 1 is 1.29 bits per heavy atom. The number of hydrogen-bond acceptors (Lipinski definition) is 5. The maximum Gasteiger partial charge on any atom is 0.122 e. The Balaban J connectivity index is 1.49. The predicted molar refractivity (Wildman–Crippen MR) is 94.6 cm³/mol. The summed E-state index contributed by atoms with van der Waals surface area (Å²) in [6.45, 7) is 8.92. The van der Waals surface area contributed by atoms with Crippen LogP contribution in [-0.4, -0.2) is 79.6 Å². The molecule has 1 aromatic carbocycles. The lowest BCUT2D eigenvalue weighted by Crippen LogP contribution is -2.48. The van der Waals surface area contributed by atoms with E-state index >= 15 is 0 Å².